The summed E-state index contributed by atoms with van der Waals surface area (Å²) in [5.74, 6) is 0.207. The van der Waals surface area contributed by atoms with Crippen LogP contribution >= 0.6 is 0 Å². The number of rotatable bonds is 3. The van der Waals surface area contributed by atoms with E-state index in [-0.39, 0.29) is 11.3 Å². The van der Waals surface area contributed by atoms with Crippen LogP contribution in [0.15, 0.2) is 24.3 Å². The van der Waals surface area contributed by atoms with Crippen molar-refractivity contribution in [3.05, 3.63) is 35.4 Å². The van der Waals surface area contributed by atoms with Gasteiger partial charge in [-0.05, 0) is 17.9 Å². The Morgan fingerprint density at radius 3 is 2.18 bits per heavy atom. The molecule has 0 saturated heterocycles. The van der Waals surface area contributed by atoms with E-state index in [0.717, 1.165) is 0 Å². The lowest BCUT2D eigenvalue weighted by molar-refractivity contribution is -0.132. The zero-order valence-corrected chi connectivity index (χ0v) is 11.6. The summed E-state index contributed by atoms with van der Waals surface area (Å²) in [5.41, 5.74) is 2.48. The van der Waals surface area contributed by atoms with Crippen LogP contribution in [0.25, 0.3) is 0 Å². The van der Waals surface area contributed by atoms with E-state index in [9.17, 15) is 4.79 Å². The van der Waals surface area contributed by atoms with Crippen LogP contribution in [0, 0.1) is 12.3 Å². The maximum Gasteiger partial charge on any atom is 0.223 e. The zero-order valence-electron chi connectivity index (χ0n) is 11.6. The Kier molecular flexibility index (Phi) is 4.33. The fraction of sp³-hybridized carbons (Fsp3) is 0.533. The van der Waals surface area contributed by atoms with Gasteiger partial charge in [0.15, 0.2) is 0 Å². The Bertz CT molecular complexity index is 373. The first-order valence-corrected chi connectivity index (χ1v) is 6.07. The molecule has 1 amide bonds. The molecule has 0 aliphatic heterocycles. The predicted octanol–water partition coefficient (Wildman–Crippen LogP) is 3.39. The largest absolute Gasteiger partial charge is 0.341 e. The van der Waals surface area contributed by atoms with Crippen molar-refractivity contribution in [2.75, 3.05) is 7.05 Å². The van der Waals surface area contributed by atoms with E-state index in [2.05, 4.69) is 52.0 Å². The minimum absolute atomic E-state index is 0.0542. The van der Waals surface area contributed by atoms with Gasteiger partial charge in [-0.25, -0.2) is 0 Å². The summed E-state index contributed by atoms with van der Waals surface area (Å²) in [6, 6.07) is 8.32. The topological polar surface area (TPSA) is 20.3 Å². The molecule has 94 valence electrons. The Morgan fingerprint density at radius 1 is 1.18 bits per heavy atom. The first-order valence-electron chi connectivity index (χ1n) is 6.07. The molecule has 0 atom stereocenters. The summed E-state index contributed by atoms with van der Waals surface area (Å²) in [6.45, 7) is 9.02. The molecular weight excluding hydrogens is 210 g/mol. The molecule has 0 aromatic heterocycles. The Morgan fingerprint density at radius 2 is 1.71 bits per heavy atom. The van der Waals surface area contributed by atoms with E-state index in [1.54, 1.807) is 4.90 Å². The molecule has 1 rings (SSSR count). The number of hydrogen-bond donors (Lipinski definition) is 0. The molecule has 0 spiro atoms. The molecule has 17 heavy (non-hydrogen) atoms. The van der Waals surface area contributed by atoms with Gasteiger partial charge in [-0.3, -0.25) is 4.79 Å². The summed E-state index contributed by atoms with van der Waals surface area (Å²) < 4.78 is 0. The lowest BCUT2D eigenvalue weighted by Gasteiger charge is -2.23. The van der Waals surface area contributed by atoms with Gasteiger partial charge in [0.25, 0.3) is 0 Å². The highest BCUT2D eigenvalue weighted by Crippen LogP contribution is 2.20. The molecule has 1 aromatic carbocycles. The van der Waals surface area contributed by atoms with Crippen LogP contribution in [0.4, 0.5) is 0 Å². The summed E-state index contributed by atoms with van der Waals surface area (Å²) >= 11 is 0. The number of carbonyl (C=O) groups excluding carboxylic acids is 1. The van der Waals surface area contributed by atoms with E-state index in [1.807, 2.05) is 7.05 Å². The van der Waals surface area contributed by atoms with E-state index in [1.165, 1.54) is 11.1 Å². The molecule has 2 nitrogen and oxygen atoms in total. The Labute approximate surface area is 105 Å². The van der Waals surface area contributed by atoms with Crippen LogP contribution in [-0.4, -0.2) is 17.9 Å². The summed E-state index contributed by atoms with van der Waals surface area (Å²) in [5, 5.41) is 0. The van der Waals surface area contributed by atoms with Gasteiger partial charge in [0.1, 0.15) is 0 Å². The van der Waals surface area contributed by atoms with Gasteiger partial charge in [-0.2, -0.15) is 0 Å². The standard InChI is InChI=1S/C15H23NO/c1-12-6-8-13(9-7-12)11-16(5)14(17)10-15(2,3)4/h6-9H,10-11H2,1-5H3. The molecule has 0 aliphatic carbocycles. The molecule has 0 unspecified atom stereocenters. The van der Waals surface area contributed by atoms with Gasteiger partial charge in [-0.1, -0.05) is 50.6 Å². The minimum atomic E-state index is 0.0542. The van der Waals surface area contributed by atoms with Gasteiger partial charge in [0, 0.05) is 20.0 Å². The molecular formula is C15H23NO. The van der Waals surface area contributed by atoms with Crippen molar-refractivity contribution < 1.29 is 4.79 Å². The Hall–Kier alpha value is -1.31. The number of hydrogen-bond acceptors (Lipinski definition) is 1. The molecule has 0 bridgehead atoms. The lowest BCUT2D eigenvalue weighted by Crippen LogP contribution is -2.29. The first kappa shape index (κ1) is 13.8. The van der Waals surface area contributed by atoms with E-state index < -0.39 is 0 Å². The van der Waals surface area contributed by atoms with Gasteiger partial charge in [-0.15, -0.1) is 0 Å². The average Bonchev–Trinajstić information content (AvgIpc) is 2.19. The van der Waals surface area contributed by atoms with Crippen molar-refractivity contribution in [1.29, 1.82) is 0 Å². The third kappa shape index (κ3) is 5.03. The fourth-order valence-corrected chi connectivity index (χ4v) is 1.64. The van der Waals surface area contributed by atoms with E-state index in [0.29, 0.717) is 13.0 Å². The third-order valence-corrected chi connectivity index (χ3v) is 2.65. The van der Waals surface area contributed by atoms with E-state index in [4.69, 9.17) is 0 Å². The molecule has 0 saturated carbocycles. The maximum absolute atomic E-state index is 12.0. The quantitative estimate of drug-likeness (QED) is 0.783. The highest BCUT2D eigenvalue weighted by Gasteiger charge is 2.18. The second-order valence-corrected chi connectivity index (χ2v) is 5.97. The van der Waals surface area contributed by atoms with Gasteiger partial charge < -0.3 is 4.90 Å². The summed E-state index contributed by atoms with van der Waals surface area (Å²) in [6.07, 6.45) is 0.593. The second-order valence-electron chi connectivity index (χ2n) is 5.97. The summed E-state index contributed by atoms with van der Waals surface area (Å²) in [7, 11) is 1.87. The van der Waals surface area contributed by atoms with Crippen LogP contribution in [-0.2, 0) is 11.3 Å². The number of nitrogens with zero attached hydrogens (tertiary/aromatic N) is 1. The monoisotopic (exact) mass is 233 g/mol. The zero-order chi connectivity index (χ0) is 13.1. The Balaban J connectivity index is 2.57. The number of amides is 1. The SMILES string of the molecule is Cc1ccc(CN(C)C(=O)CC(C)(C)C)cc1. The molecule has 1 aromatic rings. The van der Waals surface area contributed by atoms with Crippen LogP contribution in [0.5, 0.6) is 0 Å². The normalized spacial score (nSPS) is 11.4. The molecule has 0 heterocycles. The second kappa shape index (κ2) is 5.35. The molecule has 0 fully saturated rings. The van der Waals surface area contributed by atoms with Gasteiger partial charge in [0.05, 0.1) is 0 Å². The highest BCUT2D eigenvalue weighted by atomic mass is 16.2. The van der Waals surface area contributed by atoms with Crippen molar-refractivity contribution >= 4 is 5.91 Å². The summed E-state index contributed by atoms with van der Waals surface area (Å²) in [4.78, 5) is 13.8. The molecule has 0 aliphatic rings. The van der Waals surface area contributed by atoms with Crippen LogP contribution in [0.3, 0.4) is 0 Å². The third-order valence-electron chi connectivity index (χ3n) is 2.65. The van der Waals surface area contributed by atoms with Crippen molar-refractivity contribution in [2.24, 2.45) is 5.41 Å². The minimum Gasteiger partial charge on any atom is -0.341 e. The maximum atomic E-state index is 12.0. The van der Waals surface area contributed by atoms with Crippen LogP contribution < -0.4 is 0 Å². The van der Waals surface area contributed by atoms with Crippen LogP contribution in [0.2, 0.25) is 0 Å². The number of benzene rings is 1. The average molecular weight is 233 g/mol. The molecule has 0 radical (unpaired) electrons. The van der Waals surface area contributed by atoms with Gasteiger partial charge >= 0.3 is 0 Å². The predicted molar refractivity (Wildman–Crippen MR) is 71.7 cm³/mol. The number of carbonyl (C=O) groups is 1. The smallest absolute Gasteiger partial charge is 0.223 e. The first-order chi connectivity index (χ1) is 7.78. The highest BCUT2D eigenvalue weighted by molar-refractivity contribution is 5.76. The van der Waals surface area contributed by atoms with Crippen molar-refractivity contribution in [3.8, 4) is 0 Å². The molecule has 0 N–H and O–H groups in total. The fourth-order valence-electron chi connectivity index (χ4n) is 1.64. The van der Waals surface area contributed by atoms with Crippen LogP contribution in [0.1, 0.15) is 38.3 Å². The van der Waals surface area contributed by atoms with Crippen molar-refractivity contribution in [1.82, 2.24) is 4.90 Å². The van der Waals surface area contributed by atoms with Gasteiger partial charge in [0.2, 0.25) is 5.91 Å². The van der Waals surface area contributed by atoms with Crippen molar-refractivity contribution in [2.45, 2.75) is 40.7 Å². The lowest BCUT2D eigenvalue weighted by atomic mass is 9.91. The number of aryl methyl sites for hydroxylation is 1. The molecule has 2 heteroatoms. The van der Waals surface area contributed by atoms with Crippen molar-refractivity contribution in [3.63, 3.8) is 0 Å². The van der Waals surface area contributed by atoms with E-state index >= 15 is 0 Å².